The van der Waals surface area contributed by atoms with E-state index in [-0.39, 0.29) is 17.0 Å². The molecule has 0 aliphatic rings. The molecular weight excluding hydrogens is 277 g/mol. The highest BCUT2D eigenvalue weighted by Gasteiger charge is 2.12. The van der Waals surface area contributed by atoms with Crippen molar-refractivity contribution in [3.63, 3.8) is 0 Å². The molecule has 0 bridgehead atoms. The van der Waals surface area contributed by atoms with Crippen molar-refractivity contribution >= 4 is 17.6 Å². The van der Waals surface area contributed by atoms with Crippen molar-refractivity contribution in [3.05, 3.63) is 59.9 Å². The van der Waals surface area contributed by atoms with Crippen LogP contribution in [0.2, 0.25) is 0 Å². The van der Waals surface area contributed by atoms with Crippen LogP contribution in [0.1, 0.15) is 10.4 Å². The van der Waals surface area contributed by atoms with Crippen LogP contribution in [-0.2, 0) is 4.79 Å². The molecule has 2 N–H and O–H groups in total. The van der Waals surface area contributed by atoms with Crippen LogP contribution in [-0.4, -0.2) is 23.6 Å². The Hall–Kier alpha value is -2.89. The zero-order valence-corrected chi connectivity index (χ0v) is 10.9. The van der Waals surface area contributed by atoms with Gasteiger partial charge in [-0.05, 0) is 24.3 Å². The molecule has 0 fully saturated rings. The molecular formula is C15H12FNO4. The topological polar surface area (TPSA) is 75.6 Å². The van der Waals surface area contributed by atoms with E-state index in [0.717, 1.165) is 0 Å². The molecule has 5 nitrogen and oxygen atoms in total. The van der Waals surface area contributed by atoms with E-state index in [2.05, 4.69) is 5.32 Å². The van der Waals surface area contributed by atoms with E-state index in [1.165, 1.54) is 30.3 Å². The number of carboxylic acids is 1. The molecule has 2 aromatic carbocycles. The van der Waals surface area contributed by atoms with Crippen molar-refractivity contribution in [3.8, 4) is 5.75 Å². The highest BCUT2D eigenvalue weighted by atomic mass is 19.1. The third kappa shape index (κ3) is 3.79. The van der Waals surface area contributed by atoms with Gasteiger partial charge in [0.25, 0.3) is 5.91 Å². The number of nitrogens with one attached hydrogen (secondary N) is 1. The fourth-order valence-electron chi connectivity index (χ4n) is 1.67. The first kappa shape index (κ1) is 14.5. The van der Waals surface area contributed by atoms with Gasteiger partial charge in [0.2, 0.25) is 0 Å². The maximum Gasteiger partial charge on any atom is 0.337 e. The highest BCUT2D eigenvalue weighted by molar-refractivity contribution is 6.00. The third-order valence-corrected chi connectivity index (χ3v) is 2.63. The van der Waals surface area contributed by atoms with Gasteiger partial charge in [-0.2, -0.15) is 0 Å². The van der Waals surface area contributed by atoms with Crippen molar-refractivity contribution in [1.82, 2.24) is 0 Å². The summed E-state index contributed by atoms with van der Waals surface area (Å²) in [5.74, 6) is -2.34. The van der Waals surface area contributed by atoms with Crippen molar-refractivity contribution in [2.24, 2.45) is 0 Å². The van der Waals surface area contributed by atoms with Crippen molar-refractivity contribution in [2.75, 3.05) is 11.9 Å². The molecule has 2 rings (SSSR count). The minimum Gasteiger partial charge on any atom is -0.481 e. The Labute approximate surface area is 120 Å². The minimum atomic E-state index is -1.15. The fourth-order valence-corrected chi connectivity index (χ4v) is 1.67. The Morgan fingerprint density at radius 1 is 1.10 bits per heavy atom. The summed E-state index contributed by atoms with van der Waals surface area (Å²) in [7, 11) is 0. The normalized spacial score (nSPS) is 9.95. The van der Waals surface area contributed by atoms with Crippen LogP contribution in [0.15, 0.2) is 48.5 Å². The van der Waals surface area contributed by atoms with Gasteiger partial charge < -0.3 is 15.2 Å². The molecule has 0 heterocycles. The van der Waals surface area contributed by atoms with Crippen molar-refractivity contribution in [1.29, 1.82) is 0 Å². The van der Waals surface area contributed by atoms with Crippen LogP contribution in [0.25, 0.3) is 0 Å². The lowest BCUT2D eigenvalue weighted by Gasteiger charge is -2.09. The Balaban J connectivity index is 2.00. The Morgan fingerprint density at radius 3 is 2.48 bits per heavy atom. The number of aromatic carboxylic acids is 1. The van der Waals surface area contributed by atoms with Gasteiger partial charge in [-0.3, -0.25) is 4.79 Å². The zero-order chi connectivity index (χ0) is 15.2. The second-order valence-corrected chi connectivity index (χ2v) is 4.12. The van der Waals surface area contributed by atoms with E-state index in [0.29, 0.717) is 0 Å². The van der Waals surface area contributed by atoms with Gasteiger partial charge in [-0.1, -0.05) is 24.3 Å². The second kappa shape index (κ2) is 6.51. The molecule has 21 heavy (non-hydrogen) atoms. The number of rotatable bonds is 5. The summed E-state index contributed by atoms with van der Waals surface area (Å²) in [5, 5.41) is 11.4. The summed E-state index contributed by atoms with van der Waals surface area (Å²) < 4.78 is 18.3. The summed E-state index contributed by atoms with van der Waals surface area (Å²) in [6.07, 6.45) is 0. The molecule has 0 aromatic heterocycles. The molecule has 1 amide bonds. The summed E-state index contributed by atoms with van der Waals surface area (Å²) in [4.78, 5) is 22.7. The van der Waals surface area contributed by atoms with Gasteiger partial charge in [0.15, 0.2) is 18.2 Å². The Kier molecular flexibility index (Phi) is 4.50. The number of hydrogen-bond donors (Lipinski definition) is 2. The number of para-hydroxylation sites is 2. The molecule has 0 saturated heterocycles. The number of halogens is 1. The van der Waals surface area contributed by atoms with E-state index in [9.17, 15) is 14.0 Å². The number of benzene rings is 2. The highest BCUT2D eigenvalue weighted by Crippen LogP contribution is 2.17. The van der Waals surface area contributed by atoms with E-state index >= 15 is 0 Å². The summed E-state index contributed by atoms with van der Waals surface area (Å²) >= 11 is 0. The van der Waals surface area contributed by atoms with E-state index in [1.54, 1.807) is 18.2 Å². The van der Waals surface area contributed by atoms with Gasteiger partial charge in [0.05, 0.1) is 11.3 Å². The SMILES string of the molecule is O=C(COc1ccccc1F)Nc1ccccc1C(=O)O. The number of ether oxygens (including phenoxy) is 1. The van der Waals surface area contributed by atoms with Gasteiger partial charge in [0.1, 0.15) is 0 Å². The van der Waals surface area contributed by atoms with Crippen LogP contribution in [0.4, 0.5) is 10.1 Å². The number of carbonyl (C=O) groups is 2. The lowest BCUT2D eigenvalue weighted by molar-refractivity contribution is -0.118. The number of amides is 1. The molecule has 6 heteroatoms. The molecule has 2 aromatic rings. The smallest absolute Gasteiger partial charge is 0.337 e. The summed E-state index contributed by atoms with van der Waals surface area (Å²) in [6.45, 7) is -0.422. The van der Waals surface area contributed by atoms with Crippen LogP contribution in [0, 0.1) is 5.82 Å². The van der Waals surface area contributed by atoms with Crippen LogP contribution in [0.3, 0.4) is 0 Å². The Morgan fingerprint density at radius 2 is 1.76 bits per heavy atom. The van der Waals surface area contributed by atoms with E-state index in [4.69, 9.17) is 9.84 Å². The number of carboxylic acid groups (broad SMARTS) is 1. The maximum absolute atomic E-state index is 13.3. The molecule has 0 spiro atoms. The van der Waals surface area contributed by atoms with Gasteiger partial charge in [-0.15, -0.1) is 0 Å². The first-order chi connectivity index (χ1) is 10.1. The maximum atomic E-state index is 13.3. The molecule has 0 radical (unpaired) electrons. The van der Waals surface area contributed by atoms with Crippen LogP contribution < -0.4 is 10.1 Å². The average Bonchev–Trinajstić information content (AvgIpc) is 2.47. The lowest BCUT2D eigenvalue weighted by Crippen LogP contribution is -2.21. The molecule has 0 atom stereocenters. The molecule has 0 unspecified atom stereocenters. The van der Waals surface area contributed by atoms with Crippen molar-refractivity contribution in [2.45, 2.75) is 0 Å². The average molecular weight is 289 g/mol. The first-order valence-electron chi connectivity index (χ1n) is 6.07. The minimum absolute atomic E-state index is 0.0308. The van der Waals surface area contributed by atoms with Gasteiger partial charge in [-0.25, -0.2) is 9.18 Å². The molecule has 0 saturated carbocycles. The molecule has 0 aliphatic heterocycles. The largest absolute Gasteiger partial charge is 0.481 e. The number of anilines is 1. The standard InChI is InChI=1S/C15H12FNO4/c16-11-6-2-4-8-13(11)21-9-14(18)17-12-7-3-1-5-10(12)15(19)20/h1-8H,9H2,(H,17,18)(H,19,20). The fraction of sp³-hybridized carbons (Fsp3) is 0.0667. The molecule has 108 valence electrons. The van der Waals surface area contributed by atoms with Gasteiger partial charge >= 0.3 is 5.97 Å². The van der Waals surface area contributed by atoms with Crippen LogP contribution in [0.5, 0.6) is 5.75 Å². The van der Waals surface area contributed by atoms with E-state index < -0.39 is 24.3 Å². The first-order valence-corrected chi connectivity index (χ1v) is 6.07. The van der Waals surface area contributed by atoms with Crippen LogP contribution >= 0.6 is 0 Å². The monoisotopic (exact) mass is 289 g/mol. The number of hydrogen-bond acceptors (Lipinski definition) is 3. The molecule has 0 aliphatic carbocycles. The Bertz CT molecular complexity index is 672. The summed E-state index contributed by atoms with van der Waals surface area (Å²) in [6, 6.07) is 11.7. The third-order valence-electron chi connectivity index (χ3n) is 2.63. The second-order valence-electron chi connectivity index (χ2n) is 4.12. The van der Waals surface area contributed by atoms with Crippen molar-refractivity contribution < 1.29 is 23.8 Å². The lowest BCUT2D eigenvalue weighted by atomic mass is 10.2. The summed E-state index contributed by atoms with van der Waals surface area (Å²) in [5.41, 5.74) is 0.129. The van der Waals surface area contributed by atoms with Gasteiger partial charge in [0, 0.05) is 0 Å². The zero-order valence-electron chi connectivity index (χ0n) is 10.9. The predicted octanol–water partition coefficient (Wildman–Crippen LogP) is 2.54. The number of carbonyl (C=O) groups excluding carboxylic acids is 1. The predicted molar refractivity (Wildman–Crippen MR) is 73.9 cm³/mol. The van der Waals surface area contributed by atoms with E-state index in [1.807, 2.05) is 0 Å². The quantitative estimate of drug-likeness (QED) is 0.887.